The molecule has 3 aromatic carbocycles. The number of nitrogens with two attached hydrogens (primary N) is 1. The van der Waals surface area contributed by atoms with Crippen molar-refractivity contribution in [2.75, 3.05) is 32.9 Å². The zero-order chi connectivity index (χ0) is 51.4. The first kappa shape index (κ1) is 57.9. The van der Waals surface area contributed by atoms with E-state index in [1.54, 1.807) is 29.2 Å². The van der Waals surface area contributed by atoms with Gasteiger partial charge in [0.1, 0.15) is 23.4 Å². The molecule has 0 aromatic heterocycles. The first-order chi connectivity index (χ1) is 32.4. The first-order valence-electron chi connectivity index (χ1n) is 24.3. The fourth-order valence-electron chi connectivity index (χ4n) is 7.26. The number of aliphatic carboxylic acids is 1. The number of carboxylic acid groups (broad SMARTS) is 1. The van der Waals surface area contributed by atoms with E-state index in [1.807, 2.05) is 95.3 Å². The third-order valence-corrected chi connectivity index (χ3v) is 16.7. The van der Waals surface area contributed by atoms with E-state index in [1.165, 1.54) is 0 Å². The highest BCUT2D eigenvalue weighted by atomic mass is 28.4. The molecule has 0 saturated carbocycles. The van der Waals surface area contributed by atoms with Gasteiger partial charge in [-0.25, -0.2) is 14.4 Å². The Balaban J connectivity index is 0.00000125. The maximum Gasteiger partial charge on any atom is 0.407 e. The normalized spacial score (nSPS) is 15.3. The molecule has 1 aliphatic rings. The van der Waals surface area contributed by atoms with Crippen LogP contribution in [0.5, 0.6) is 5.75 Å². The number of carbonyl (C=O) groups is 5. The zero-order valence-electron chi connectivity index (χ0n) is 43.0. The van der Waals surface area contributed by atoms with Crippen LogP contribution in [0.25, 0.3) is 0 Å². The number of benzene rings is 3. The second-order valence-corrected chi connectivity index (χ2v) is 25.4. The van der Waals surface area contributed by atoms with Gasteiger partial charge in [-0.1, -0.05) is 121 Å². The lowest BCUT2D eigenvalue weighted by Gasteiger charge is -2.42. The number of carboxylic acids is 1. The van der Waals surface area contributed by atoms with E-state index < -0.39 is 62.0 Å². The molecule has 0 bridgehead atoms. The van der Waals surface area contributed by atoms with E-state index in [0.29, 0.717) is 51.5 Å². The van der Waals surface area contributed by atoms with Crippen molar-refractivity contribution in [3.8, 4) is 5.75 Å². The largest absolute Gasteiger partial charge is 0.494 e. The number of rotatable bonds is 22. The molecule has 1 heterocycles. The van der Waals surface area contributed by atoms with Crippen LogP contribution in [0.3, 0.4) is 0 Å². The van der Waals surface area contributed by atoms with Gasteiger partial charge in [0, 0.05) is 25.4 Å². The first-order valence-corrected chi connectivity index (χ1v) is 27.2. The van der Waals surface area contributed by atoms with Crippen molar-refractivity contribution < 1.29 is 47.7 Å². The van der Waals surface area contributed by atoms with Crippen LogP contribution in [0.15, 0.2) is 84.9 Å². The van der Waals surface area contributed by atoms with E-state index in [0.717, 1.165) is 29.5 Å². The Labute approximate surface area is 412 Å². The van der Waals surface area contributed by atoms with Crippen LogP contribution in [-0.4, -0.2) is 111 Å². The molecule has 1 saturated heterocycles. The number of urea groups is 1. The van der Waals surface area contributed by atoms with E-state index in [-0.39, 0.29) is 35.7 Å². The fourth-order valence-corrected chi connectivity index (χ4v) is 8.63. The number of ether oxygens (including phenoxy) is 3. The number of alkyl carbamates (subject to hydrolysis) is 1. The molecule has 0 spiro atoms. The van der Waals surface area contributed by atoms with Crippen LogP contribution >= 0.6 is 0 Å². The lowest BCUT2D eigenvalue weighted by molar-refractivity contribution is -0.142. The van der Waals surface area contributed by atoms with Crippen LogP contribution < -0.4 is 26.4 Å². The third-order valence-electron chi connectivity index (χ3n) is 12.2. The molecular weight excluding hydrogens is 895 g/mol. The van der Waals surface area contributed by atoms with E-state index in [9.17, 15) is 29.1 Å². The van der Waals surface area contributed by atoms with Gasteiger partial charge in [0.2, 0.25) is 11.8 Å². The summed E-state index contributed by atoms with van der Waals surface area (Å²) in [6.07, 6.45) is 1.73. The average Bonchev–Trinajstić information content (AvgIpc) is 3.27. The van der Waals surface area contributed by atoms with Gasteiger partial charge in [-0.3, -0.25) is 9.59 Å². The highest BCUT2D eigenvalue weighted by Crippen LogP contribution is 2.39. The molecule has 0 aliphatic carbocycles. The zero-order valence-corrected chi connectivity index (χ0v) is 44.0. The number of carbonyl (C=O) groups excluding carboxylic acids is 4. The number of hydrogen-bond acceptors (Lipinski definition) is 9. The van der Waals surface area contributed by atoms with Crippen LogP contribution in [0.2, 0.25) is 18.1 Å². The predicted octanol–water partition coefficient (Wildman–Crippen LogP) is 8.29. The molecular formula is C53H81N5O10Si. The monoisotopic (exact) mass is 976 g/mol. The number of nitrogens with one attached hydrogen (secondary N) is 3. The molecule has 69 heavy (non-hydrogen) atoms. The van der Waals surface area contributed by atoms with Gasteiger partial charge in [-0.2, -0.15) is 0 Å². The summed E-state index contributed by atoms with van der Waals surface area (Å²) in [6.45, 7) is 25.0. The van der Waals surface area contributed by atoms with Crippen molar-refractivity contribution in [1.82, 2.24) is 20.9 Å². The van der Waals surface area contributed by atoms with Crippen LogP contribution in [-0.2, 0) is 47.5 Å². The predicted molar refractivity (Wildman–Crippen MR) is 272 cm³/mol. The van der Waals surface area contributed by atoms with Crippen molar-refractivity contribution in [3.63, 3.8) is 0 Å². The topological polar surface area (TPSA) is 208 Å². The third kappa shape index (κ3) is 21.0. The van der Waals surface area contributed by atoms with Crippen molar-refractivity contribution in [3.05, 3.63) is 102 Å². The minimum atomic E-state index is -2.53. The Kier molecular flexibility index (Phi) is 23.2. The average molecular weight is 976 g/mol. The van der Waals surface area contributed by atoms with E-state index in [2.05, 4.69) is 56.7 Å². The Morgan fingerprint density at radius 3 is 1.80 bits per heavy atom. The van der Waals surface area contributed by atoms with Crippen molar-refractivity contribution in [2.24, 2.45) is 17.6 Å². The van der Waals surface area contributed by atoms with Crippen molar-refractivity contribution in [2.45, 2.75) is 149 Å². The summed E-state index contributed by atoms with van der Waals surface area (Å²) in [7, 11) is -2.53. The molecule has 3 aromatic rings. The molecule has 382 valence electrons. The quantitative estimate of drug-likeness (QED) is 0.0481. The molecule has 1 fully saturated rings. The molecule has 4 rings (SSSR count). The SMILES string of the molecule is CCCCOc1ccc(C[C@H](NC(=O)C(NC(=O)C(Cc2ccccc2)CC(O[Si](C)(C)C(C)(C)C)C(Cc2ccccc2)NC(=O)OC(C)(C)C)C(C)C)C(=O)O)cc1.NC(=O)N1CCOCC1. The molecule has 15 nitrogen and oxygen atoms in total. The maximum absolute atomic E-state index is 14.7. The molecule has 0 radical (unpaired) electrons. The van der Waals surface area contributed by atoms with Gasteiger partial charge >= 0.3 is 18.1 Å². The number of nitrogens with zero attached hydrogens (tertiary/aromatic N) is 1. The number of hydrogen-bond donors (Lipinski definition) is 5. The number of morpholine rings is 1. The summed E-state index contributed by atoms with van der Waals surface area (Å²) in [5, 5.41) is 18.8. The maximum atomic E-state index is 14.7. The highest BCUT2D eigenvalue weighted by Gasteiger charge is 2.43. The molecule has 5 amide bonds. The van der Waals surface area contributed by atoms with Gasteiger partial charge < -0.3 is 50.3 Å². The van der Waals surface area contributed by atoms with Crippen molar-refractivity contribution >= 4 is 38.2 Å². The Morgan fingerprint density at radius 2 is 1.32 bits per heavy atom. The lowest BCUT2D eigenvalue weighted by Crippen LogP contribution is -2.56. The smallest absolute Gasteiger partial charge is 0.407 e. The summed E-state index contributed by atoms with van der Waals surface area (Å²) in [4.78, 5) is 66.7. The molecule has 6 N–H and O–H groups in total. The molecule has 1 aliphatic heterocycles. The summed E-state index contributed by atoms with van der Waals surface area (Å²) < 4.78 is 23.7. The Morgan fingerprint density at radius 1 is 0.768 bits per heavy atom. The number of unbranched alkanes of at least 4 members (excludes halogenated alkanes) is 1. The van der Waals surface area contributed by atoms with Crippen LogP contribution in [0, 0.1) is 11.8 Å². The Bertz CT molecular complexity index is 2040. The Hall–Kier alpha value is -5.45. The van der Waals surface area contributed by atoms with Gasteiger partial charge in [0.15, 0.2) is 8.32 Å². The minimum absolute atomic E-state index is 0.0473. The van der Waals surface area contributed by atoms with E-state index in [4.69, 9.17) is 24.4 Å². The second-order valence-electron chi connectivity index (χ2n) is 20.6. The van der Waals surface area contributed by atoms with Gasteiger partial charge in [-0.15, -0.1) is 0 Å². The number of primary amides is 1. The molecule has 16 heteroatoms. The summed E-state index contributed by atoms with van der Waals surface area (Å²) in [5.41, 5.74) is 6.87. The fraction of sp³-hybridized carbons (Fsp3) is 0.566. The second kappa shape index (κ2) is 27.7. The minimum Gasteiger partial charge on any atom is -0.494 e. The summed E-state index contributed by atoms with van der Waals surface area (Å²) in [6, 6.07) is 23.5. The van der Waals surface area contributed by atoms with Gasteiger partial charge in [-0.05, 0) is 99.3 Å². The summed E-state index contributed by atoms with van der Waals surface area (Å²) >= 11 is 0. The van der Waals surface area contributed by atoms with E-state index >= 15 is 0 Å². The van der Waals surface area contributed by atoms with Crippen LogP contribution in [0.1, 0.15) is 98.3 Å². The molecule has 4 unspecified atom stereocenters. The standard InChI is InChI=1S/C48H71N3O8Si.C5H10N2O2/c1-12-13-28-57-38-26-24-36(25-27-38)31-40(45(54)55)49-44(53)42(33(2)3)51-43(52)37(29-34-20-16-14-17-21-34)32-41(59-60(10,11)48(7,8)9)39(30-35-22-18-15-19-23-35)50-46(56)58-47(4,5)6;6-5(8)7-1-3-9-4-2-7/h14-27,33,37,39-42H,12-13,28-32H2,1-11H3,(H,49,53)(H,50,56)(H,51,52)(H,54,55);1-4H2,(H2,6,8)/t37?,39?,40-,41?,42?;/m0./s1. The number of amides is 5. The lowest BCUT2D eigenvalue weighted by atomic mass is 9.88. The van der Waals surface area contributed by atoms with Gasteiger partial charge in [0.05, 0.1) is 32.0 Å². The summed E-state index contributed by atoms with van der Waals surface area (Å²) in [5.74, 6) is -2.54. The molecule has 5 atom stereocenters. The van der Waals surface area contributed by atoms with Gasteiger partial charge in [0.25, 0.3) is 0 Å². The highest BCUT2D eigenvalue weighted by molar-refractivity contribution is 6.74. The van der Waals surface area contributed by atoms with Crippen LogP contribution in [0.4, 0.5) is 9.59 Å². The van der Waals surface area contributed by atoms with Crippen molar-refractivity contribution in [1.29, 1.82) is 0 Å².